The lowest BCUT2D eigenvalue weighted by Crippen LogP contribution is -2.48. The smallest absolute Gasteiger partial charge is 0.187 e. The van der Waals surface area contributed by atoms with Crippen LogP contribution in [0.1, 0.15) is 44.1 Å². The van der Waals surface area contributed by atoms with Crippen LogP contribution >= 0.6 is 0 Å². The largest absolute Gasteiger partial charge is 0.238 e. The Bertz CT molecular complexity index is 2530. The second-order valence-corrected chi connectivity index (χ2v) is 15.7. The summed E-state index contributed by atoms with van der Waals surface area (Å²) in [6, 6.07) is 46.0. The molecule has 258 valence electrons. The van der Waals surface area contributed by atoms with E-state index in [-0.39, 0.29) is 0 Å². The van der Waals surface area contributed by atoms with Gasteiger partial charge in [-0.15, -0.1) is 0 Å². The summed E-state index contributed by atoms with van der Waals surface area (Å²) in [5, 5.41) is 2.38. The summed E-state index contributed by atoms with van der Waals surface area (Å²) in [5.74, 6) is 4.33. The van der Waals surface area contributed by atoms with Crippen molar-refractivity contribution < 1.29 is 0 Å². The van der Waals surface area contributed by atoms with Crippen molar-refractivity contribution in [3.05, 3.63) is 162 Å². The van der Waals surface area contributed by atoms with Gasteiger partial charge in [0.05, 0.1) is 13.1 Å². The quantitative estimate of drug-likeness (QED) is 0.163. The van der Waals surface area contributed by atoms with Crippen LogP contribution < -0.4 is 0 Å². The average molecular weight is 696 g/mol. The molecule has 4 aliphatic rings. The Balaban J connectivity index is 1.13. The van der Waals surface area contributed by atoms with E-state index in [9.17, 15) is 0 Å². The van der Waals surface area contributed by atoms with Crippen LogP contribution in [0.3, 0.4) is 0 Å². The van der Waals surface area contributed by atoms with Crippen LogP contribution in [-0.2, 0) is 5.41 Å². The van der Waals surface area contributed by atoms with E-state index >= 15 is 0 Å². The third kappa shape index (κ3) is 5.74. The van der Waals surface area contributed by atoms with Crippen LogP contribution in [0.5, 0.6) is 0 Å². The van der Waals surface area contributed by atoms with Gasteiger partial charge < -0.3 is 0 Å². The van der Waals surface area contributed by atoms with E-state index in [1.807, 2.05) is 24.3 Å². The van der Waals surface area contributed by atoms with Crippen molar-refractivity contribution in [2.24, 2.45) is 17.8 Å². The first-order chi connectivity index (χ1) is 26.5. The van der Waals surface area contributed by atoms with Crippen molar-refractivity contribution in [3.8, 4) is 56.4 Å². The summed E-state index contributed by atoms with van der Waals surface area (Å²) in [5.41, 5.74) is 10.0. The van der Waals surface area contributed by atoms with Gasteiger partial charge in [-0.1, -0.05) is 115 Å². The fourth-order valence-electron chi connectivity index (χ4n) is 10.2. The first kappa shape index (κ1) is 32.2. The Kier molecular flexibility index (Phi) is 7.70. The topological polar surface area (TPSA) is 47.4 Å². The van der Waals surface area contributed by atoms with Crippen molar-refractivity contribution in [1.82, 2.24) is 15.0 Å². The minimum absolute atomic E-state index is 0.348. The number of nitrogens with zero attached hydrogens (tertiary/aromatic N) is 5. The predicted octanol–water partition coefficient (Wildman–Crippen LogP) is 12.9. The van der Waals surface area contributed by atoms with Crippen LogP contribution in [-0.4, -0.2) is 15.0 Å². The number of hydrogen-bond donors (Lipinski definition) is 0. The fourth-order valence-corrected chi connectivity index (χ4v) is 10.2. The Labute approximate surface area is 316 Å². The van der Waals surface area contributed by atoms with Crippen LogP contribution in [0, 0.1) is 30.9 Å². The molecule has 5 nitrogen and oxygen atoms in total. The highest BCUT2D eigenvalue weighted by Crippen LogP contribution is 2.60. The molecule has 0 N–H and O–H groups in total. The Morgan fingerprint density at radius 1 is 0.463 bits per heavy atom. The van der Waals surface area contributed by atoms with Gasteiger partial charge in [0, 0.05) is 16.7 Å². The van der Waals surface area contributed by atoms with Gasteiger partial charge in [0.15, 0.2) is 28.8 Å². The van der Waals surface area contributed by atoms with Gasteiger partial charge in [-0.05, 0) is 118 Å². The Hall–Kier alpha value is -6.43. The molecule has 4 aliphatic carbocycles. The third-order valence-electron chi connectivity index (χ3n) is 12.3. The maximum atomic E-state index is 7.44. The number of fused-ring (bicyclic) bond motifs is 1. The third-order valence-corrected chi connectivity index (χ3v) is 12.3. The van der Waals surface area contributed by atoms with Gasteiger partial charge in [-0.3, -0.25) is 0 Å². The lowest BCUT2D eigenvalue weighted by atomic mass is 9.48. The molecule has 5 heteroatoms. The van der Waals surface area contributed by atoms with E-state index in [0.29, 0.717) is 34.3 Å². The second kappa shape index (κ2) is 12.9. The van der Waals surface area contributed by atoms with Crippen molar-refractivity contribution in [1.29, 1.82) is 0 Å². The van der Waals surface area contributed by atoms with E-state index < -0.39 is 0 Å². The zero-order valence-electron chi connectivity index (χ0n) is 29.9. The molecule has 0 aliphatic heterocycles. The summed E-state index contributed by atoms with van der Waals surface area (Å²) in [6.07, 6.45) is 8.39. The zero-order valence-corrected chi connectivity index (χ0v) is 29.9. The second-order valence-electron chi connectivity index (χ2n) is 15.7. The Morgan fingerprint density at radius 2 is 0.944 bits per heavy atom. The number of hydrogen-bond acceptors (Lipinski definition) is 3. The molecule has 54 heavy (non-hydrogen) atoms. The highest BCUT2D eigenvalue weighted by atomic mass is 15.0. The molecule has 0 unspecified atom stereocenters. The SMILES string of the molecule is [C-]#[N+]c1ccc(-c2nc(-c3ccc([N+]#[C-])cc3)nc(-c3cc(-c4ccc(C56CC7CC(CC(C7)C5)C6)cc4)cc(-c4cccc5ccccc45)c3)n2)cc1. The molecule has 4 fully saturated rings. The molecule has 0 saturated heterocycles. The number of aromatic nitrogens is 3. The summed E-state index contributed by atoms with van der Waals surface area (Å²) >= 11 is 0. The van der Waals surface area contributed by atoms with Gasteiger partial charge in [-0.25, -0.2) is 24.6 Å². The lowest BCUT2D eigenvalue weighted by molar-refractivity contribution is -0.00518. The molecular weight excluding hydrogens is 659 g/mol. The molecule has 4 bridgehead atoms. The molecule has 4 saturated carbocycles. The monoisotopic (exact) mass is 695 g/mol. The molecule has 1 aromatic heterocycles. The number of rotatable bonds is 6. The maximum Gasteiger partial charge on any atom is 0.187 e. The molecule has 0 spiro atoms. The molecule has 7 aromatic rings. The van der Waals surface area contributed by atoms with Crippen molar-refractivity contribution in [2.45, 2.75) is 43.9 Å². The van der Waals surface area contributed by atoms with E-state index in [1.54, 1.807) is 24.3 Å². The minimum atomic E-state index is 0.348. The fraction of sp³-hybridized carbons (Fsp3) is 0.204. The van der Waals surface area contributed by atoms with Crippen LogP contribution in [0.4, 0.5) is 11.4 Å². The predicted molar refractivity (Wildman–Crippen MR) is 217 cm³/mol. The van der Waals surface area contributed by atoms with Crippen molar-refractivity contribution in [3.63, 3.8) is 0 Å². The average Bonchev–Trinajstić information content (AvgIpc) is 3.23. The molecule has 1 heterocycles. The first-order valence-electron chi connectivity index (χ1n) is 19.0. The van der Waals surface area contributed by atoms with E-state index in [4.69, 9.17) is 28.1 Å². The molecule has 0 amide bonds. The van der Waals surface area contributed by atoms with Gasteiger partial charge >= 0.3 is 0 Å². The molecule has 6 aromatic carbocycles. The normalized spacial score (nSPS) is 21.1. The summed E-state index contributed by atoms with van der Waals surface area (Å²) in [4.78, 5) is 22.3. The zero-order chi connectivity index (χ0) is 36.2. The van der Waals surface area contributed by atoms with Gasteiger partial charge in [0.1, 0.15) is 0 Å². The maximum absolute atomic E-state index is 7.44. The number of benzene rings is 6. The highest BCUT2D eigenvalue weighted by Gasteiger charge is 2.51. The molecule has 0 radical (unpaired) electrons. The van der Waals surface area contributed by atoms with Crippen LogP contribution in [0.25, 0.3) is 76.9 Å². The standard InChI is InChI=1S/C49H37N5/c1-50-42-18-12-36(13-19-42)46-52-47(37-14-20-43(51-2)21-15-37)54-48(53-46)40-26-38(25-39(27-40)45-9-5-7-35-6-3-4-8-44(35)45)34-10-16-41(17-11-34)49-28-31-22-32(29-49)24-33(23-31)30-49/h3-21,25-27,31-33H,22-24,28-30H2. The minimum Gasteiger partial charge on any atom is -0.238 e. The summed E-state index contributed by atoms with van der Waals surface area (Å²) in [6.45, 7) is 14.9. The van der Waals surface area contributed by atoms with Crippen LogP contribution in [0.2, 0.25) is 0 Å². The van der Waals surface area contributed by atoms with Gasteiger partial charge in [0.2, 0.25) is 0 Å². The van der Waals surface area contributed by atoms with Gasteiger partial charge in [-0.2, -0.15) is 0 Å². The van der Waals surface area contributed by atoms with E-state index in [1.165, 1.54) is 60.4 Å². The highest BCUT2D eigenvalue weighted by molar-refractivity contribution is 5.98. The van der Waals surface area contributed by atoms with Crippen molar-refractivity contribution >= 4 is 22.1 Å². The van der Waals surface area contributed by atoms with Crippen molar-refractivity contribution in [2.75, 3.05) is 0 Å². The molecule has 11 rings (SSSR count). The lowest BCUT2D eigenvalue weighted by Gasteiger charge is -2.57. The van der Waals surface area contributed by atoms with E-state index in [2.05, 4.69) is 94.6 Å². The molecular formula is C49H37N5. The Morgan fingerprint density at radius 3 is 1.52 bits per heavy atom. The summed E-state index contributed by atoms with van der Waals surface area (Å²) in [7, 11) is 0. The van der Waals surface area contributed by atoms with Crippen LogP contribution in [0.15, 0.2) is 133 Å². The van der Waals surface area contributed by atoms with Gasteiger partial charge in [0.25, 0.3) is 0 Å². The summed E-state index contributed by atoms with van der Waals surface area (Å²) < 4.78 is 0. The molecule has 0 atom stereocenters. The van der Waals surface area contributed by atoms with E-state index in [0.717, 1.165) is 51.1 Å². The first-order valence-corrected chi connectivity index (χ1v) is 19.0.